The summed E-state index contributed by atoms with van der Waals surface area (Å²) in [5, 5.41) is 8.36. The van der Waals surface area contributed by atoms with Gasteiger partial charge in [-0.3, -0.25) is 14.3 Å². The van der Waals surface area contributed by atoms with Crippen molar-refractivity contribution in [2.45, 2.75) is 46.6 Å². The molecule has 1 amide bonds. The van der Waals surface area contributed by atoms with Crippen molar-refractivity contribution in [1.29, 1.82) is 0 Å². The lowest BCUT2D eigenvalue weighted by atomic mass is 10.1. The highest BCUT2D eigenvalue weighted by atomic mass is 16.2. The molecule has 3 rings (SSSR count). The number of nitrogens with zero attached hydrogens (tertiary/aromatic N) is 3. The molecule has 3 aromatic rings. The van der Waals surface area contributed by atoms with Crippen molar-refractivity contribution in [1.82, 2.24) is 14.3 Å². The predicted molar refractivity (Wildman–Crippen MR) is 107 cm³/mol. The van der Waals surface area contributed by atoms with Crippen LogP contribution in [0.1, 0.15) is 54.8 Å². The summed E-state index contributed by atoms with van der Waals surface area (Å²) >= 11 is 0. The van der Waals surface area contributed by atoms with E-state index in [0.717, 1.165) is 34.4 Å². The molecule has 0 bridgehead atoms. The third kappa shape index (κ3) is 3.27. The molecule has 2 heterocycles. The van der Waals surface area contributed by atoms with Crippen LogP contribution in [0.2, 0.25) is 0 Å². The Hall–Kier alpha value is -2.89. The number of carbonyl (C=O) groups is 2. The Kier molecular flexibility index (Phi) is 5.17. The molecule has 2 aromatic heterocycles. The van der Waals surface area contributed by atoms with Gasteiger partial charge in [0.05, 0.1) is 5.69 Å². The van der Waals surface area contributed by atoms with E-state index in [0.29, 0.717) is 12.0 Å². The van der Waals surface area contributed by atoms with Gasteiger partial charge in [0, 0.05) is 35.3 Å². The molecule has 0 saturated heterocycles. The first-order valence-electron chi connectivity index (χ1n) is 9.32. The van der Waals surface area contributed by atoms with Crippen LogP contribution in [0, 0.1) is 6.92 Å². The van der Waals surface area contributed by atoms with Crippen LogP contribution in [0.15, 0.2) is 30.5 Å². The number of Topliss-reactive ketones (excluding diaryl/α,β-unsaturated/α-hetero) is 1. The van der Waals surface area contributed by atoms with Gasteiger partial charge >= 0.3 is 0 Å². The molecule has 0 radical (unpaired) electrons. The number of rotatable bonds is 6. The van der Waals surface area contributed by atoms with Crippen LogP contribution >= 0.6 is 0 Å². The number of aromatic nitrogens is 3. The minimum atomic E-state index is -0.414. The van der Waals surface area contributed by atoms with Gasteiger partial charge in [-0.25, -0.2) is 0 Å². The third-order valence-corrected chi connectivity index (χ3v) is 5.09. The van der Waals surface area contributed by atoms with Crippen LogP contribution in [-0.2, 0) is 18.3 Å². The van der Waals surface area contributed by atoms with Crippen LogP contribution in [0.5, 0.6) is 0 Å². The lowest BCUT2D eigenvalue weighted by molar-refractivity contribution is -0.119. The zero-order chi connectivity index (χ0) is 19.7. The van der Waals surface area contributed by atoms with Gasteiger partial charge in [0.15, 0.2) is 5.78 Å². The van der Waals surface area contributed by atoms with Crippen LogP contribution in [0.4, 0.5) is 5.82 Å². The largest absolute Gasteiger partial charge is 0.334 e. The van der Waals surface area contributed by atoms with E-state index in [9.17, 15) is 9.59 Å². The second-order valence-corrected chi connectivity index (χ2v) is 6.83. The fourth-order valence-corrected chi connectivity index (χ4v) is 3.73. The smallest absolute Gasteiger partial charge is 0.248 e. The second kappa shape index (κ2) is 7.39. The quantitative estimate of drug-likeness (QED) is 0.670. The number of nitrogens with one attached hydrogen (secondary N) is 1. The van der Waals surface area contributed by atoms with Crippen molar-refractivity contribution >= 4 is 28.4 Å². The number of hydrogen-bond donors (Lipinski definition) is 1. The fraction of sp³-hybridized carbons (Fsp3) is 0.381. The lowest BCUT2D eigenvalue weighted by Gasteiger charge is -2.19. The number of fused-ring (bicyclic) bond motifs is 1. The zero-order valence-electron chi connectivity index (χ0n) is 16.5. The molecule has 6 heteroatoms. The van der Waals surface area contributed by atoms with Crippen molar-refractivity contribution < 1.29 is 9.59 Å². The average Bonchev–Trinajstić information content (AvgIpc) is 3.14. The summed E-state index contributed by atoms with van der Waals surface area (Å²) in [6.45, 7) is 7.53. The number of carbonyl (C=O) groups excluding carboxylic acids is 2. The molecule has 0 fully saturated rings. The molecule has 0 saturated carbocycles. The molecule has 1 aromatic carbocycles. The average molecular weight is 366 g/mol. The number of benzene rings is 1. The van der Waals surface area contributed by atoms with Gasteiger partial charge in [-0.1, -0.05) is 32.0 Å². The molecule has 142 valence electrons. The number of aryl methyl sites for hydroxylation is 2. The monoisotopic (exact) mass is 366 g/mol. The number of ketones is 1. The van der Waals surface area contributed by atoms with Gasteiger partial charge in [0.1, 0.15) is 11.9 Å². The molecule has 1 atom stereocenters. The van der Waals surface area contributed by atoms with E-state index in [1.54, 1.807) is 17.8 Å². The minimum absolute atomic E-state index is 0.00394. The Bertz CT molecular complexity index is 1010. The van der Waals surface area contributed by atoms with Crippen molar-refractivity contribution in [2.75, 3.05) is 5.32 Å². The Morgan fingerprint density at radius 3 is 2.56 bits per heavy atom. The van der Waals surface area contributed by atoms with Crippen LogP contribution < -0.4 is 5.32 Å². The first-order chi connectivity index (χ1) is 12.9. The normalized spacial score (nSPS) is 12.3. The van der Waals surface area contributed by atoms with E-state index in [2.05, 4.69) is 17.3 Å². The van der Waals surface area contributed by atoms with E-state index in [-0.39, 0.29) is 11.7 Å². The molecular formula is C21H26N4O2. The lowest BCUT2D eigenvalue weighted by Crippen LogP contribution is -2.26. The number of amides is 1. The Balaban J connectivity index is 2.02. The summed E-state index contributed by atoms with van der Waals surface area (Å²) in [6, 6.07) is 7.29. The summed E-state index contributed by atoms with van der Waals surface area (Å²) in [5.41, 5.74) is 3.50. The van der Waals surface area contributed by atoms with E-state index in [1.165, 1.54) is 0 Å². The molecule has 27 heavy (non-hydrogen) atoms. The summed E-state index contributed by atoms with van der Waals surface area (Å²) in [4.78, 5) is 25.2. The predicted octanol–water partition coefficient (Wildman–Crippen LogP) is 4.04. The van der Waals surface area contributed by atoms with Crippen LogP contribution in [0.3, 0.4) is 0 Å². The first kappa shape index (κ1) is 18.9. The molecule has 0 aliphatic carbocycles. The van der Waals surface area contributed by atoms with Gasteiger partial charge < -0.3 is 9.88 Å². The van der Waals surface area contributed by atoms with E-state index < -0.39 is 6.04 Å². The standard InChI is InChI=1S/C21H26N4O2/c1-6-15-13(3)23-24(5)20(15)22-21(27)18(7-2)25-12-17(14(4)26)16-10-8-9-11-19(16)25/h8-12,18H,6-7H2,1-5H3,(H,22,27). The maximum absolute atomic E-state index is 13.1. The highest BCUT2D eigenvalue weighted by Gasteiger charge is 2.24. The van der Waals surface area contributed by atoms with Gasteiger partial charge in [-0.15, -0.1) is 0 Å². The second-order valence-electron chi connectivity index (χ2n) is 6.83. The number of hydrogen-bond acceptors (Lipinski definition) is 3. The molecule has 1 unspecified atom stereocenters. The summed E-state index contributed by atoms with van der Waals surface area (Å²) < 4.78 is 3.63. The van der Waals surface area contributed by atoms with Gasteiger partial charge in [-0.2, -0.15) is 5.10 Å². The minimum Gasteiger partial charge on any atom is -0.334 e. The van der Waals surface area contributed by atoms with E-state index in [1.807, 2.05) is 49.7 Å². The summed E-state index contributed by atoms with van der Waals surface area (Å²) in [7, 11) is 1.83. The summed E-state index contributed by atoms with van der Waals surface area (Å²) in [6.07, 6.45) is 3.21. The van der Waals surface area contributed by atoms with E-state index >= 15 is 0 Å². The van der Waals surface area contributed by atoms with Crippen molar-refractivity contribution in [2.24, 2.45) is 7.05 Å². The molecular weight excluding hydrogens is 340 g/mol. The molecule has 0 spiro atoms. The van der Waals surface area contributed by atoms with Crippen molar-refractivity contribution in [3.63, 3.8) is 0 Å². The zero-order valence-corrected chi connectivity index (χ0v) is 16.5. The maximum atomic E-state index is 13.1. The van der Waals surface area contributed by atoms with E-state index in [4.69, 9.17) is 0 Å². The first-order valence-corrected chi connectivity index (χ1v) is 9.32. The molecule has 0 aliphatic rings. The van der Waals surface area contributed by atoms with Gasteiger partial charge in [0.25, 0.3) is 0 Å². The topological polar surface area (TPSA) is 68.9 Å². The van der Waals surface area contributed by atoms with Crippen LogP contribution in [-0.4, -0.2) is 26.0 Å². The number of para-hydroxylation sites is 1. The maximum Gasteiger partial charge on any atom is 0.248 e. The van der Waals surface area contributed by atoms with Crippen LogP contribution in [0.25, 0.3) is 10.9 Å². The Labute approximate surface area is 159 Å². The summed E-state index contributed by atoms with van der Waals surface area (Å²) in [5.74, 6) is 0.628. The van der Waals surface area contributed by atoms with Gasteiger partial charge in [-0.05, 0) is 32.8 Å². The highest BCUT2D eigenvalue weighted by molar-refractivity contribution is 6.07. The number of anilines is 1. The molecule has 1 N–H and O–H groups in total. The van der Waals surface area contributed by atoms with Crippen molar-refractivity contribution in [3.8, 4) is 0 Å². The third-order valence-electron chi connectivity index (χ3n) is 5.09. The highest BCUT2D eigenvalue weighted by Crippen LogP contribution is 2.28. The SMILES string of the molecule is CCc1c(C)nn(C)c1NC(=O)C(CC)n1cc(C(C)=O)c2ccccc21. The fourth-order valence-electron chi connectivity index (χ4n) is 3.73. The van der Waals surface area contributed by atoms with Crippen molar-refractivity contribution in [3.05, 3.63) is 47.3 Å². The Morgan fingerprint density at radius 1 is 1.22 bits per heavy atom. The van der Waals surface area contributed by atoms with Gasteiger partial charge in [0.2, 0.25) is 5.91 Å². The molecule has 0 aliphatic heterocycles. The Morgan fingerprint density at radius 2 is 1.93 bits per heavy atom. The molecule has 6 nitrogen and oxygen atoms in total.